The third kappa shape index (κ3) is 33.2. The van der Waals surface area contributed by atoms with Gasteiger partial charge in [-0.25, -0.2) is 0 Å². The molecule has 2 N–H and O–H groups in total. The molecule has 0 aliphatic carbocycles. The molecule has 3 heteroatoms. The largest absolute Gasteiger partial charge is 0.390 e. The van der Waals surface area contributed by atoms with Crippen molar-refractivity contribution in [2.24, 2.45) is 10.7 Å². The van der Waals surface area contributed by atoms with Crippen LogP contribution in [0.4, 0.5) is 0 Å². The molecule has 0 aliphatic rings. The highest BCUT2D eigenvalue weighted by atomic mass is 32.2. The molecule has 0 aromatic carbocycles. The number of rotatable bonds is 12. The van der Waals surface area contributed by atoms with Crippen molar-refractivity contribution in [3.63, 3.8) is 0 Å². The number of unbranched alkanes of at least 4 members (excludes halogenated alkanes) is 7. The Morgan fingerprint density at radius 1 is 0.833 bits per heavy atom. The second kappa shape index (κ2) is 30.4. The van der Waals surface area contributed by atoms with Crippen molar-refractivity contribution in [2.75, 3.05) is 12.8 Å². The smallest absolute Gasteiger partial charge is 0.0794 e. The quantitative estimate of drug-likeness (QED) is 0.222. The highest BCUT2D eigenvalue weighted by Crippen LogP contribution is 2.23. The van der Waals surface area contributed by atoms with Gasteiger partial charge in [-0.2, -0.15) is 0 Å². The molecule has 0 atom stereocenters. The summed E-state index contributed by atoms with van der Waals surface area (Å²) in [4.78, 5) is 5.02. The molecule has 0 heterocycles. The Labute approximate surface area is 158 Å². The van der Waals surface area contributed by atoms with Gasteiger partial charge in [0.1, 0.15) is 0 Å². The molecule has 0 spiro atoms. The summed E-state index contributed by atoms with van der Waals surface area (Å²) in [5, 5.41) is 0. The lowest BCUT2D eigenvalue weighted by Gasteiger charge is -2.05. The monoisotopic (exact) mass is 358 g/mol. The van der Waals surface area contributed by atoms with Gasteiger partial charge in [-0.1, -0.05) is 92.1 Å². The molecule has 0 fully saturated rings. The van der Waals surface area contributed by atoms with Gasteiger partial charge in [0.25, 0.3) is 0 Å². The van der Waals surface area contributed by atoms with E-state index in [9.17, 15) is 0 Å². The Kier molecular flexibility index (Phi) is 36.0. The fourth-order valence-corrected chi connectivity index (χ4v) is 2.88. The topological polar surface area (TPSA) is 38.4 Å². The fraction of sp³-hybridized carbons (Fsp3) is 0.857. The Hall–Kier alpha value is -0.440. The first-order chi connectivity index (χ1) is 11.7. The van der Waals surface area contributed by atoms with Gasteiger partial charge in [-0.3, -0.25) is 4.99 Å². The van der Waals surface area contributed by atoms with Crippen LogP contribution in [0.25, 0.3) is 0 Å². The van der Waals surface area contributed by atoms with Crippen LogP contribution in [0, 0.1) is 0 Å². The normalized spacial score (nSPS) is 10.8. The highest BCUT2D eigenvalue weighted by Gasteiger charge is 1.97. The van der Waals surface area contributed by atoms with Gasteiger partial charge in [0.05, 0.1) is 6.34 Å². The molecule has 0 aromatic heterocycles. The summed E-state index contributed by atoms with van der Waals surface area (Å²) in [6.45, 7) is 11.2. The zero-order chi connectivity index (χ0) is 18.9. The van der Waals surface area contributed by atoms with Gasteiger partial charge in [0.15, 0.2) is 0 Å². The van der Waals surface area contributed by atoms with Crippen LogP contribution in [0.2, 0.25) is 0 Å². The first-order valence-corrected chi connectivity index (χ1v) is 11.1. The van der Waals surface area contributed by atoms with Crippen molar-refractivity contribution < 1.29 is 0 Å². The van der Waals surface area contributed by atoms with Crippen LogP contribution >= 0.6 is 11.8 Å². The molecule has 0 aliphatic heterocycles. The fourth-order valence-electron chi connectivity index (χ4n) is 1.98. The zero-order valence-electron chi connectivity index (χ0n) is 17.6. The van der Waals surface area contributed by atoms with Crippen LogP contribution < -0.4 is 5.73 Å². The van der Waals surface area contributed by atoms with Crippen LogP contribution in [0.5, 0.6) is 0 Å². The summed E-state index contributed by atoms with van der Waals surface area (Å²) in [5.74, 6) is 1.23. The summed E-state index contributed by atoms with van der Waals surface area (Å²) < 4.78 is 0. The molecule has 146 valence electrons. The number of thioether (sulfide) groups is 1. The van der Waals surface area contributed by atoms with E-state index in [0.29, 0.717) is 0 Å². The van der Waals surface area contributed by atoms with E-state index in [1.807, 2.05) is 11.8 Å². The minimum Gasteiger partial charge on any atom is -0.390 e. The number of aliphatic imine (C=N–C) groups is 1. The van der Waals surface area contributed by atoms with Crippen molar-refractivity contribution in [2.45, 2.75) is 105 Å². The average Bonchev–Trinajstić information content (AvgIpc) is 2.61. The number of hydrogen-bond acceptors (Lipinski definition) is 2. The van der Waals surface area contributed by atoms with E-state index in [1.165, 1.54) is 82.7 Å². The molecule has 0 saturated heterocycles. The molecule has 0 unspecified atom stereocenters. The summed E-state index contributed by atoms with van der Waals surface area (Å²) in [6.07, 6.45) is 18.6. The lowest BCUT2D eigenvalue weighted by molar-refractivity contribution is 0.635. The number of nitrogens with two attached hydrogens (primary N) is 1. The maximum atomic E-state index is 4.74. The molecular formula is C21H46N2S. The molecule has 0 bridgehead atoms. The van der Waals surface area contributed by atoms with Crippen molar-refractivity contribution in [1.82, 2.24) is 0 Å². The zero-order valence-corrected chi connectivity index (χ0v) is 18.4. The molecule has 24 heavy (non-hydrogen) atoms. The molecule has 2 nitrogen and oxygen atoms in total. The third-order valence-corrected chi connectivity index (χ3v) is 4.40. The molecule has 0 saturated carbocycles. The Morgan fingerprint density at radius 2 is 1.38 bits per heavy atom. The van der Waals surface area contributed by atoms with Crippen LogP contribution in [-0.2, 0) is 0 Å². The number of nitrogens with zero attached hydrogens (tertiary/aromatic N) is 1. The van der Waals surface area contributed by atoms with Gasteiger partial charge >= 0.3 is 0 Å². The van der Waals surface area contributed by atoms with Crippen molar-refractivity contribution in [3.05, 3.63) is 11.0 Å². The van der Waals surface area contributed by atoms with Crippen LogP contribution in [0.3, 0.4) is 0 Å². The Balaban J connectivity index is -0.000000402. The van der Waals surface area contributed by atoms with Gasteiger partial charge in [0, 0.05) is 7.05 Å². The van der Waals surface area contributed by atoms with Crippen LogP contribution in [-0.4, -0.2) is 19.1 Å². The minimum absolute atomic E-state index is 1.23. The van der Waals surface area contributed by atoms with Gasteiger partial charge in [-0.05, 0) is 29.9 Å². The summed E-state index contributed by atoms with van der Waals surface area (Å²) in [5.41, 5.74) is 4.74. The maximum Gasteiger partial charge on any atom is 0.0794 e. The van der Waals surface area contributed by atoms with E-state index >= 15 is 0 Å². The molecule has 0 radical (unpaired) electrons. The van der Waals surface area contributed by atoms with Crippen LogP contribution in [0.1, 0.15) is 105 Å². The summed E-state index contributed by atoms with van der Waals surface area (Å²) in [6, 6.07) is 0. The van der Waals surface area contributed by atoms with Crippen LogP contribution in [0.15, 0.2) is 16.0 Å². The van der Waals surface area contributed by atoms with Crippen molar-refractivity contribution in [1.29, 1.82) is 0 Å². The maximum absolute atomic E-state index is 4.74. The molecule has 0 rings (SSSR count). The molecule has 0 amide bonds. The lowest BCUT2D eigenvalue weighted by Crippen LogP contribution is -1.84. The lowest BCUT2D eigenvalue weighted by atomic mass is 10.1. The summed E-state index contributed by atoms with van der Waals surface area (Å²) >= 11 is 2.04. The van der Waals surface area contributed by atoms with E-state index < -0.39 is 0 Å². The molecular weight excluding hydrogens is 312 g/mol. The van der Waals surface area contributed by atoms with Gasteiger partial charge < -0.3 is 5.73 Å². The Bertz CT molecular complexity index is 244. The van der Waals surface area contributed by atoms with E-state index in [1.54, 1.807) is 12.0 Å². The van der Waals surface area contributed by atoms with E-state index in [0.717, 1.165) is 0 Å². The molecule has 0 aromatic rings. The van der Waals surface area contributed by atoms with E-state index in [-0.39, 0.29) is 0 Å². The second-order valence-corrected chi connectivity index (χ2v) is 7.21. The Morgan fingerprint density at radius 3 is 1.75 bits per heavy atom. The standard InChI is InChI=1S/C14H28S.C5H12.C2H6N2/c1-4-7-9-10-11-13-14(15-6-3)12-8-5-2;1-3-5-4-2;1-4-2-3/h12H,4-11,13H2,1-3H3;3-5H2,1-2H3;2H,1H3,(H2,3,4)/b14-12-;;. The second-order valence-electron chi connectivity index (χ2n) is 5.82. The average molecular weight is 359 g/mol. The first-order valence-electron chi connectivity index (χ1n) is 10.1. The van der Waals surface area contributed by atoms with E-state index in [4.69, 9.17) is 5.73 Å². The van der Waals surface area contributed by atoms with Gasteiger partial charge in [-0.15, -0.1) is 11.8 Å². The minimum atomic E-state index is 1.23. The number of allylic oxidation sites excluding steroid dienone is 2. The summed E-state index contributed by atoms with van der Waals surface area (Å²) in [7, 11) is 1.62. The van der Waals surface area contributed by atoms with Gasteiger partial charge in [0.2, 0.25) is 0 Å². The predicted molar refractivity (Wildman–Crippen MR) is 118 cm³/mol. The third-order valence-electron chi connectivity index (χ3n) is 3.37. The SMILES string of the molecule is CCC/C=C(/CCCCCCC)SCC.CCCCC.CN=CN. The van der Waals surface area contributed by atoms with Crippen molar-refractivity contribution >= 4 is 18.1 Å². The number of hydrogen-bond donors (Lipinski definition) is 1. The van der Waals surface area contributed by atoms with E-state index in [2.05, 4.69) is 45.7 Å². The van der Waals surface area contributed by atoms with Crippen molar-refractivity contribution in [3.8, 4) is 0 Å². The predicted octanol–water partition coefficient (Wildman–Crippen LogP) is 7.58. The highest BCUT2D eigenvalue weighted by molar-refractivity contribution is 8.03. The first kappa shape index (κ1) is 28.4.